The molecule has 0 amide bonds. The number of hydrogen-bond donors (Lipinski definition) is 0. The number of rotatable bonds is 5. The highest BCUT2D eigenvalue weighted by atomic mass is 16.1. The summed E-state index contributed by atoms with van der Waals surface area (Å²) < 4.78 is 4.99. The summed E-state index contributed by atoms with van der Waals surface area (Å²) in [5.74, 6) is 1.58. The smallest absolute Gasteiger partial charge is 0.266 e. The van der Waals surface area contributed by atoms with Gasteiger partial charge in [0.2, 0.25) is 0 Å². The molecule has 1 fully saturated rings. The summed E-state index contributed by atoms with van der Waals surface area (Å²) in [6, 6.07) is 9.18. The summed E-state index contributed by atoms with van der Waals surface area (Å²) in [6.07, 6.45) is 1.61. The minimum absolute atomic E-state index is 0.102. The third-order valence-electron chi connectivity index (χ3n) is 5.55. The van der Waals surface area contributed by atoms with Crippen molar-refractivity contribution in [2.24, 2.45) is 0 Å². The van der Waals surface area contributed by atoms with Crippen LogP contribution in [0.3, 0.4) is 0 Å². The van der Waals surface area contributed by atoms with Crippen molar-refractivity contribution >= 4 is 11.5 Å². The molecule has 1 aliphatic rings. The second-order valence-electron chi connectivity index (χ2n) is 7.75. The van der Waals surface area contributed by atoms with Gasteiger partial charge in [-0.2, -0.15) is 9.61 Å². The molecule has 0 aliphatic carbocycles. The van der Waals surface area contributed by atoms with Crippen molar-refractivity contribution in [2.45, 2.75) is 20.4 Å². The van der Waals surface area contributed by atoms with Crippen molar-refractivity contribution < 1.29 is 0 Å². The molecule has 0 unspecified atom stereocenters. The Morgan fingerprint density at radius 2 is 1.71 bits per heavy atom. The quantitative estimate of drug-likeness (QED) is 0.454. The van der Waals surface area contributed by atoms with Gasteiger partial charge in [-0.3, -0.25) is 9.69 Å². The first kappa shape index (κ1) is 19.4. The topological polar surface area (TPSA) is 102 Å². The molecule has 0 atom stereocenters. The number of piperazine rings is 1. The number of anilines is 1. The van der Waals surface area contributed by atoms with Crippen LogP contribution in [0.4, 0.5) is 5.82 Å². The predicted molar refractivity (Wildman–Crippen MR) is 115 cm³/mol. The molecular formula is C20H24N10O. The lowest BCUT2D eigenvalue weighted by Crippen LogP contribution is -2.48. The number of fused-ring (bicyclic) bond motifs is 1. The highest BCUT2D eigenvalue weighted by Gasteiger charge is 2.19. The molecule has 0 bridgehead atoms. The highest BCUT2D eigenvalue weighted by Crippen LogP contribution is 2.14. The fourth-order valence-electron chi connectivity index (χ4n) is 3.90. The van der Waals surface area contributed by atoms with Crippen molar-refractivity contribution in [3.05, 3.63) is 58.4 Å². The van der Waals surface area contributed by atoms with Gasteiger partial charge >= 0.3 is 0 Å². The minimum atomic E-state index is -0.102. The summed E-state index contributed by atoms with van der Waals surface area (Å²) in [7, 11) is 0. The van der Waals surface area contributed by atoms with Gasteiger partial charge in [0.15, 0.2) is 11.5 Å². The van der Waals surface area contributed by atoms with Crippen LogP contribution in [0.1, 0.15) is 11.4 Å². The fourth-order valence-corrected chi connectivity index (χ4v) is 3.90. The van der Waals surface area contributed by atoms with E-state index in [1.807, 2.05) is 32.0 Å². The largest absolute Gasteiger partial charge is 0.353 e. The Labute approximate surface area is 178 Å². The summed E-state index contributed by atoms with van der Waals surface area (Å²) in [4.78, 5) is 16.9. The molecular weight excluding hydrogens is 396 g/mol. The first-order valence-corrected chi connectivity index (χ1v) is 10.3. The maximum atomic E-state index is 12.3. The van der Waals surface area contributed by atoms with Crippen molar-refractivity contribution in [2.75, 3.05) is 37.6 Å². The first-order chi connectivity index (χ1) is 15.1. The van der Waals surface area contributed by atoms with E-state index in [-0.39, 0.29) is 5.56 Å². The van der Waals surface area contributed by atoms with E-state index in [4.69, 9.17) is 0 Å². The van der Waals surface area contributed by atoms with Gasteiger partial charge in [0, 0.05) is 44.5 Å². The maximum absolute atomic E-state index is 12.3. The van der Waals surface area contributed by atoms with E-state index in [2.05, 4.69) is 35.3 Å². The SMILES string of the molecule is Cc1cc(C)n(-c2ccc(=O)n(CCN3CCN(c4ccc5nncn5n4)CC3)n2)n1. The fraction of sp³-hybridized carbons (Fsp3) is 0.400. The molecule has 160 valence electrons. The van der Waals surface area contributed by atoms with Crippen molar-refractivity contribution in [1.82, 2.24) is 44.3 Å². The number of aromatic nitrogens is 8. The Morgan fingerprint density at radius 3 is 2.48 bits per heavy atom. The van der Waals surface area contributed by atoms with Crippen LogP contribution < -0.4 is 10.5 Å². The second kappa shape index (κ2) is 7.91. The third-order valence-corrected chi connectivity index (χ3v) is 5.55. The van der Waals surface area contributed by atoms with Crippen LogP contribution in [0.15, 0.2) is 41.5 Å². The number of aryl methyl sites for hydroxylation is 2. The standard InChI is InChI=1S/C20H24N10O/c1-15-13-16(2)30(23-15)19-5-6-20(31)28(25-19)12-9-26-7-10-27(11-8-26)18-4-3-17-22-21-14-29(17)24-18/h3-6,13-14H,7-12H2,1-2H3. The molecule has 5 heterocycles. The maximum Gasteiger partial charge on any atom is 0.266 e. The van der Waals surface area contributed by atoms with E-state index in [0.29, 0.717) is 12.4 Å². The molecule has 0 saturated carbocycles. The van der Waals surface area contributed by atoms with E-state index in [0.717, 1.165) is 55.6 Å². The van der Waals surface area contributed by atoms with E-state index in [1.165, 1.54) is 4.68 Å². The van der Waals surface area contributed by atoms with Gasteiger partial charge in [0.1, 0.15) is 12.1 Å². The van der Waals surface area contributed by atoms with Crippen molar-refractivity contribution in [1.29, 1.82) is 0 Å². The normalized spacial score (nSPS) is 15.1. The zero-order chi connectivity index (χ0) is 21.4. The van der Waals surface area contributed by atoms with Crippen molar-refractivity contribution in [3.8, 4) is 5.82 Å². The Bertz CT molecular complexity index is 1260. The van der Waals surface area contributed by atoms with Crippen LogP contribution in [0.5, 0.6) is 0 Å². The van der Waals surface area contributed by atoms with Crippen LogP contribution in [-0.2, 0) is 6.54 Å². The van der Waals surface area contributed by atoms with Crippen LogP contribution in [0.25, 0.3) is 11.5 Å². The Morgan fingerprint density at radius 1 is 0.903 bits per heavy atom. The lowest BCUT2D eigenvalue weighted by atomic mass is 10.3. The molecule has 1 aliphatic heterocycles. The first-order valence-electron chi connectivity index (χ1n) is 10.3. The van der Waals surface area contributed by atoms with E-state index < -0.39 is 0 Å². The van der Waals surface area contributed by atoms with E-state index in [1.54, 1.807) is 27.7 Å². The monoisotopic (exact) mass is 420 g/mol. The molecule has 0 aromatic carbocycles. The second-order valence-corrected chi connectivity index (χ2v) is 7.75. The summed E-state index contributed by atoms with van der Waals surface area (Å²) in [6.45, 7) is 8.76. The Hall–Kier alpha value is -3.60. The van der Waals surface area contributed by atoms with Crippen LogP contribution >= 0.6 is 0 Å². The highest BCUT2D eigenvalue weighted by molar-refractivity contribution is 5.45. The lowest BCUT2D eigenvalue weighted by Gasteiger charge is -2.35. The van der Waals surface area contributed by atoms with Gasteiger partial charge in [-0.25, -0.2) is 9.36 Å². The zero-order valence-electron chi connectivity index (χ0n) is 17.6. The Balaban J connectivity index is 1.22. The molecule has 4 aromatic rings. The summed E-state index contributed by atoms with van der Waals surface area (Å²) in [5.41, 5.74) is 2.55. The van der Waals surface area contributed by atoms with Gasteiger partial charge in [0.05, 0.1) is 12.2 Å². The van der Waals surface area contributed by atoms with Crippen LogP contribution in [-0.4, -0.2) is 77.0 Å². The molecule has 31 heavy (non-hydrogen) atoms. The van der Waals surface area contributed by atoms with Gasteiger partial charge < -0.3 is 4.90 Å². The van der Waals surface area contributed by atoms with Gasteiger partial charge in [-0.05, 0) is 38.1 Å². The van der Waals surface area contributed by atoms with Crippen LogP contribution in [0, 0.1) is 13.8 Å². The predicted octanol–water partition coefficient (Wildman–Crippen LogP) is 0.306. The molecule has 0 N–H and O–H groups in total. The van der Waals surface area contributed by atoms with Gasteiger partial charge in [-0.1, -0.05) is 0 Å². The Kier molecular flexibility index (Phi) is 4.94. The molecule has 0 radical (unpaired) electrons. The van der Waals surface area contributed by atoms with E-state index >= 15 is 0 Å². The number of hydrogen-bond acceptors (Lipinski definition) is 8. The molecule has 1 saturated heterocycles. The zero-order valence-corrected chi connectivity index (χ0v) is 17.6. The van der Waals surface area contributed by atoms with Crippen molar-refractivity contribution in [3.63, 3.8) is 0 Å². The number of nitrogens with zero attached hydrogens (tertiary/aromatic N) is 10. The van der Waals surface area contributed by atoms with E-state index in [9.17, 15) is 4.79 Å². The summed E-state index contributed by atoms with van der Waals surface area (Å²) in [5, 5.41) is 21.4. The lowest BCUT2D eigenvalue weighted by molar-refractivity contribution is 0.242. The van der Waals surface area contributed by atoms with Gasteiger partial charge in [-0.15, -0.1) is 20.4 Å². The molecule has 11 nitrogen and oxygen atoms in total. The van der Waals surface area contributed by atoms with Crippen LogP contribution in [0.2, 0.25) is 0 Å². The minimum Gasteiger partial charge on any atom is -0.353 e. The molecule has 0 spiro atoms. The molecule has 11 heteroatoms. The average Bonchev–Trinajstić information content (AvgIpc) is 3.38. The van der Waals surface area contributed by atoms with Gasteiger partial charge in [0.25, 0.3) is 5.56 Å². The molecule has 5 rings (SSSR count). The summed E-state index contributed by atoms with van der Waals surface area (Å²) >= 11 is 0. The molecule has 4 aromatic heterocycles. The third kappa shape index (κ3) is 3.91. The average molecular weight is 420 g/mol.